The van der Waals surface area contributed by atoms with Crippen molar-refractivity contribution in [1.82, 2.24) is 9.47 Å². The number of aryl methyl sites for hydroxylation is 1. The molecule has 1 saturated heterocycles. The number of nitriles is 1. The number of nitrogens with zero attached hydrogens (tertiary/aromatic N) is 3. The van der Waals surface area contributed by atoms with Gasteiger partial charge in [0.15, 0.2) is 0 Å². The molecule has 2 heterocycles. The quantitative estimate of drug-likeness (QED) is 0.859. The Morgan fingerprint density at radius 1 is 1.42 bits per heavy atom. The van der Waals surface area contributed by atoms with Gasteiger partial charge in [-0.3, -0.25) is 4.79 Å². The van der Waals surface area contributed by atoms with Crippen LogP contribution in [0.4, 0.5) is 0 Å². The number of benzene rings is 1. The number of carbonyl (C=O) groups is 1. The van der Waals surface area contributed by atoms with Crippen LogP contribution in [0.5, 0.6) is 0 Å². The minimum atomic E-state index is -0.0141. The van der Waals surface area contributed by atoms with Gasteiger partial charge in [-0.2, -0.15) is 5.26 Å². The van der Waals surface area contributed by atoms with Crippen LogP contribution in [0.3, 0.4) is 0 Å². The van der Waals surface area contributed by atoms with Gasteiger partial charge in [0.05, 0.1) is 12.5 Å². The first-order valence-electron chi connectivity index (χ1n) is 8.25. The third-order valence-electron chi connectivity index (χ3n) is 4.55. The maximum absolute atomic E-state index is 12.3. The number of aliphatic hydroxyl groups excluding tert-OH is 1. The van der Waals surface area contributed by atoms with Gasteiger partial charge in [-0.25, -0.2) is 0 Å². The second-order valence-corrected chi connectivity index (χ2v) is 6.16. The predicted molar refractivity (Wildman–Crippen MR) is 93.0 cm³/mol. The van der Waals surface area contributed by atoms with Crippen molar-refractivity contribution in [3.8, 4) is 6.07 Å². The van der Waals surface area contributed by atoms with Gasteiger partial charge >= 0.3 is 0 Å². The van der Waals surface area contributed by atoms with Gasteiger partial charge in [0.2, 0.25) is 5.91 Å². The highest BCUT2D eigenvalue weighted by atomic mass is 16.3. The average molecular weight is 323 g/mol. The van der Waals surface area contributed by atoms with Crippen molar-refractivity contribution in [3.63, 3.8) is 0 Å². The highest BCUT2D eigenvalue weighted by Gasteiger charge is 2.24. The molecule has 0 bridgehead atoms. The molecule has 5 nitrogen and oxygen atoms in total. The first-order chi connectivity index (χ1) is 11.7. The number of amides is 1. The van der Waals surface area contributed by atoms with Crippen molar-refractivity contribution in [2.75, 3.05) is 19.7 Å². The van der Waals surface area contributed by atoms with Gasteiger partial charge < -0.3 is 14.6 Å². The minimum absolute atomic E-state index is 0.0141. The molecule has 1 N–H and O–H groups in total. The molecule has 1 unspecified atom stereocenters. The molecule has 0 saturated carbocycles. The van der Waals surface area contributed by atoms with Gasteiger partial charge in [0, 0.05) is 60.9 Å². The summed E-state index contributed by atoms with van der Waals surface area (Å²) >= 11 is 0. The smallest absolute Gasteiger partial charge is 0.246 e. The zero-order valence-electron chi connectivity index (χ0n) is 13.6. The predicted octanol–water partition coefficient (Wildman–Crippen LogP) is 2.41. The van der Waals surface area contributed by atoms with Gasteiger partial charge in [0.1, 0.15) is 0 Å². The summed E-state index contributed by atoms with van der Waals surface area (Å²) in [6.07, 6.45) is 6.77. The Labute approximate surface area is 141 Å². The fraction of sp³-hybridized carbons (Fsp3) is 0.368. The Bertz CT molecular complexity index is 801. The fourth-order valence-corrected chi connectivity index (χ4v) is 3.21. The molecule has 1 fully saturated rings. The van der Waals surface area contributed by atoms with Crippen molar-refractivity contribution in [1.29, 1.82) is 5.26 Å². The summed E-state index contributed by atoms with van der Waals surface area (Å²) in [7, 11) is 0. The molecule has 1 aliphatic heterocycles. The van der Waals surface area contributed by atoms with Crippen LogP contribution in [-0.2, 0) is 11.3 Å². The highest BCUT2D eigenvalue weighted by Crippen LogP contribution is 2.23. The molecule has 1 aromatic heterocycles. The van der Waals surface area contributed by atoms with Crippen molar-refractivity contribution in [2.45, 2.75) is 19.4 Å². The van der Waals surface area contributed by atoms with Crippen molar-refractivity contribution < 1.29 is 9.90 Å². The molecule has 2 aromatic rings. The number of aromatic nitrogens is 1. The summed E-state index contributed by atoms with van der Waals surface area (Å²) in [5.74, 6) is 0.190. The third-order valence-corrected chi connectivity index (χ3v) is 4.55. The topological polar surface area (TPSA) is 69.3 Å². The van der Waals surface area contributed by atoms with E-state index < -0.39 is 0 Å². The zero-order chi connectivity index (χ0) is 16.9. The van der Waals surface area contributed by atoms with Crippen LogP contribution in [0.2, 0.25) is 0 Å². The summed E-state index contributed by atoms with van der Waals surface area (Å²) in [5.41, 5.74) is 2.05. The highest BCUT2D eigenvalue weighted by molar-refractivity contribution is 5.96. The lowest BCUT2D eigenvalue weighted by Gasteiger charge is -2.13. The number of hydrogen-bond acceptors (Lipinski definition) is 3. The van der Waals surface area contributed by atoms with Crippen molar-refractivity contribution in [3.05, 3.63) is 42.1 Å². The van der Waals surface area contributed by atoms with Crippen LogP contribution < -0.4 is 0 Å². The van der Waals surface area contributed by atoms with Crippen LogP contribution in [0.1, 0.15) is 18.4 Å². The van der Waals surface area contributed by atoms with Crippen LogP contribution in [0.25, 0.3) is 17.0 Å². The van der Waals surface area contributed by atoms with Crippen LogP contribution >= 0.6 is 0 Å². The molecule has 124 valence electrons. The minimum Gasteiger partial charge on any atom is -0.396 e. The maximum Gasteiger partial charge on any atom is 0.246 e. The standard InChI is InChI=1S/C19H21N3O2/c20-9-3-10-21-13-16(17-4-1-2-5-18(17)21)6-7-19(24)22-11-8-15(12-22)14-23/h1-2,4-7,13,15,23H,3,8,10-12,14H2/b7-6+. The zero-order valence-corrected chi connectivity index (χ0v) is 13.6. The summed E-state index contributed by atoms with van der Waals surface area (Å²) in [5, 5.41) is 19.1. The molecule has 1 amide bonds. The first kappa shape index (κ1) is 16.3. The SMILES string of the molecule is N#CCCn1cc(/C=C/C(=O)N2CCC(CO)C2)c2ccccc21. The number of rotatable bonds is 5. The van der Waals surface area contributed by atoms with Gasteiger partial charge in [-0.1, -0.05) is 18.2 Å². The van der Waals surface area contributed by atoms with E-state index >= 15 is 0 Å². The molecule has 0 radical (unpaired) electrons. The maximum atomic E-state index is 12.3. The van der Waals surface area contributed by atoms with E-state index in [-0.39, 0.29) is 18.4 Å². The molecule has 0 aliphatic carbocycles. The largest absolute Gasteiger partial charge is 0.396 e. The van der Waals surface area contributed by atoms with E-state index in [2.05, 4.69) is 10.6 Å². The summed E-state index contributed by atoms with van der Waals surface area (Å²) in [6.45, 7) is 2.12. The van der Waals surface area contributed by atoms with E-state index in [0.717, 1.165) is 22.9 Å². The lowest BCUT2D eigenvalue weighted by atomic mass is 10.1. The molecule has 5 heteroatoms. The number of likely N-dealkylation sites (tertiary alicyclic amines) is 1. The van der Waals surface area contributed by atoms with E-state index in [1.165, 1.54) is 0 Å². The van der Waals surface area contributed by atoms with Crippen LogP contribution in [0.15, 0.2) is 36.5 Å². The molecular weight excluding hydrogens is 302 g/mol. The molecule has 0 spiro atoms. The molecule has 3 rings (SSSR count). The fourth-order valence-electron chi connectivity index (χ4n) is 3.21. The Morgan fingerprint density at radius 3 is 3.00 bits per heavy atom. The molecule has 1 aliphatic rings. The van der Waals surface area contributed by atoms with E-state index in [0.29, 0.717) is 26.1 Å². The summed E-state index contributed by atoms with van der Waals surface area (Å²) in [6, 6.07) is 10.2. The number of carbonyl (C=O) groups excluding carboxylic acids is 1. The number of hydrogen-bond donors (Lipinski definition) is 1. The Balaban J connectivity index is 1.79. The van der Waals surface area contributed by atoms with Crippen LogP contribution in [-0.4, -0.2) is 40.2 Å². The number of fused-ring (bicyclic) bond motifs is 1. The van der Waals surface area contributed by atoms with Gasteiger partial charge in [-0.15, -0.1) is 0 Å². The second kappa shape index (κ2) is 7.33. The molecular formula is C19H21N3O2. The van der Waals surface area contributed by atoms with Gasteiger partial charge in [0.25, 0.3) is 0 Å². The Hall–Kier alpha value is -2.58. The second-order valence-electron chi connectivity index (χ2n) is 6.16. The normalized spacial score (nSPS) is 17.7. The monoisotopic (exact) mass is 323 g/mol. The lowest BCUT2D eigenvalue weighted by molar-refractivity contribution is -0.125. The average Bonchev–Trinajstić information content (AvgIpc) is 3.23. The Morgan fingerprint density at radius 2 is 2.25 bits per heavy atom. The molecule has 1 aromatic carbocycles. The van der Waals surface area contributed by atoms with E-state index in [4.69, 9.17) is 5.26 Å². The van der Waals surface area contributed by atoms with E-state index in [1.807, 2.05) is 36.5 Å². The first-order valence-corrected chi connectivity index (χ1v) is 8.25. The number of para-hydroxylation sites is 1. The molecule has 24 heavy (non-hydrogen) atoms. The van der Waals surface area contributed by atoms with Crippen LogP contribution in [0, 0.1) is 17.2 Å². The van der Waals surface area contributed by atoms with Gasteiger partial charge in [-0.05, 0) is 18.6 Å². The molecule has 1 atom stereocenters. The Kier molecular flexibility index (Phi) is 4.97. The number of aliphatic hydroxyl groups is 1. The lowest BCUT2D eigenvalue weighted by Crippen LogP contribution is -2.27. The summed E-state index contributed by atoms with van der Waals surface area (Å²) in [4.78, 5) is 14.1. The van der Waals surface area contributed by atoms with Crippen molar-refractivity contribution >= 4 is 22.9 Å². The van der Waals surface area contributed by atoms with E-state index in [1.54, 1.807) is 11.0 Å². The van der Waals surface area contributed by atoms with Crippen molar-refractivity contribution in [2.24, 2.45) is 5.92 Å². The van der Waals surface area contributed by atoms with E-state index in [9.17, 15) is 9.90 Å². The third kappa shape index (κ3) is 3.34. The summed E-state index contributed by atoms with van der Waals surface area (Å²) < 4.78 is 2.06.